The minimum atomic E-state index is 0.399. The molecule has 3 nitrogen and oxygen atoms in total. The number of methoxy groups -OCH3 is 2. The van der Waals surface area contributed by atoms with Gasteiger partial charge in [0.05, 0.1) is 14.2 Å². The van der Waals surface area contributed by atoms with Gasteiger partial charge >= 0.3 is 0 Å². The first-order chi connectivity index (χ1) is 9.21. The van der Waals surface area contributed by atoms with E-state index in [1.807, 2.05) is 12.1 Å². The number of hydrogen-bond acceptors (Lipinski definition) is 3. The third-order valence-corrected chi connectivity index (χ3v) is 3.99. The molecular weight excluding hydrogens is 238 g/mol. The van der Waals surface area contributed by atoms with Crippen molar-refractivity contribution in [2.24, 2.45) is 11.8 Å². The molecule has 2 rings (SSSR count). The highest BCUT2D eigenvalue weighted by atomic mass is 16.5. The van der Waals surface area contributed by atoms with Gasteiger partial charge in [-0.2, -0.15) is 0 Å². The maximum absolute atomic E-state index is 5.54. The maximum Gasteiger partial charge on any atom is 0.127 e. The predicted molar refractivity (Wildman–Crippen MR) is 77.9 cm³/mol. The third kappa shape index (κ3) is 3.21. The number of hydrogen-bond donors (Lipinski definition) is 1. The summed E-state index contributed by atoms with van der Waals surface area (Å²) in [6.45, 7) is 5.57. The lowest BCUT2D eigenvalue weighted by atomic mass is 9.99. The second-order valence-corrected chi connectivity index (χ2v) is 5.42. The van der Waals surface area contributed by atoms with Gasteiger partial charge in [0, 0.05) is 17.7 Å². The number of benzene rings is 1. The molecule has 19 heavy (non-hydrogen) atoms. The zero-order valence-electron chi connectivity index (χ0n) is 12.4. The molecule has 0 spiro atoms. The fraction of sp³-hybridized carbons (Fsp3) is 0.625. The lowest BCUT2D eigenvalue weighted by Crippen LogP contribution is -2.24. The van der Waals surface area contributed by atoms with Crippen molar-refractivity contribution in [2.75, 3.05) is 20.8 Å². The summed E-state index contributed by atoms with van der Waals surface area (Å²) in [7, 11) is 3.41. The SMILES string of the molecule is CCCNC(c1ccc(OC)cc1OC)C1CC1C. The van der Waals surface area contributed by atoms with Gasteiger partial charge in [0.2, 0.25) is 0 Å². The van der Waals surface area contributed by atoms with Crippen molar-refractivity contribution in [2.45, 2.75) is 32.7 Å². The Morgan fingerprint density at radius 2 is 2.05 bits per heavy atom. The Labute approximate surface area is 116 Å². The first-order valence-electron chi connectivity index (χ1n) is 7.16. The van der Waals surface area contributed by atoms with Crippen LogP contribution in [0, 0.1) is 11.8 Å². The van der Waals surface area contributed by atoms with Gasteiger partial charge in [-0.1, -0.05) is 19.9 Å². The normalized spacial score (nSPS) is 22.9. The Morgan fingerprint density at radius 1 is 1.32 bits per heavy atom. The van der Waals surface area contributed by atoms with E-state index in [2.05, 4.69) is 25.2 Å². The van der Waals surface area contributed by atoms with E-state index in [-0.39, 0.29) is 0 Å². The highest BCUT2D eigenvalue weighted by Crippen LogP contribution is 2.49. The summed E-state index contributed by atoms with van der Waals surface area (Å²) in [6, 6.07) is 6.53. The molecule has 3 heteroatoms. The van der Waals surface area contributed by atoms with Crippen molar-refractivity contribution in [1.82, 2.24) is 5.32 Å². The first kappa shape index (κ1) is 14.2. The zero-order valence-corrected chi connectivity index (χ0v) is 12.4. The van der Waals surface area contributed by atoms with Gasteiger partial charge in [0.15, 0.2) is 0 Å². The molecule has 0 amide bonds. The summed E-state index contributed by atoms with van der Waals surface area (Å²) in [4.78, 5) is 0. The molecule has 0 aromatic heterocycles. The molecule has 0 aliphatic heterocycles. The minimum Gasteiger partial charge on any atom is -0.497 e. The molecule has 0 bridgehead atoms. The summed E-state index contributed by atoms with van der Waals surface area (Å²) >= 11 is 0. The Hall–Kier alpha value is -1.22. The standard InChI is InChI=1S/C16H25NO2/c1-5-8-17-16(14-9-11(14)2)13-7-6-12(18-3)10-15(13)19-4/h6-7,10-11,14,16-17H,5,8-9H2,1-4H3. The minimum absolute atomic E-state index is 0.399. The average Bonchev–Trinajstić information content (AvgIpc) is 3.16. The zero-order chi connectivity index (χ0) is 13.8. The number of nitrogens with one attached hydrogen (secondary N) is 1. The molecule has 1 aromatic carbocycles. The van der Waals surface area contributed by atoms with E-state index in [1.54, 1.807) is 14.2 Å². The van der Waals surface area contributed by atoms with Crippen LogP contribution in [0.25, 0.3) is 0 Å². The molecule has 1 N–H and O–H groups in total. The first-order valence-corrected chi connectivity index (χ1v) is 7.16. The van der Waals surface area contributed by atoms with Crippen LogP contribution < -0.4 is 14.8 Å². The van der Waals surface area contributed by atoms with Gasteiger partial charge in [0.25, 0.3) is 0 Å². The summed E-state index contributed by atoms with van der Waals surface area (Å²) in [6.07, 6.45) is 2.45. The molecule has 1 aliphatic rings. The molecule has 3 atom stereocenters. The largest absolute Gasteiger partial charge is 0.497 e. The van der Waals surface area contributed by atoms with Crippen LogP contribution >= 0.6 is 0 Å². The number of ether oxygens (including phenoxy) is 2. The van der Waals surface area contributed by atoms with E-state index < -0.39 is 0 Å². The highest BCUT2D eigenvalue weighted by molar-refractivity contribution is 5.43. The second kappa shape index (κ2) is 6.29. The maximum atomic E-state index is 5.54. The van der Waals surface area contributed by atoms with Gasteiger partial charge in [-0.15, -0.1) is 0 Å². The average molecular weight is 263 g/mol. The van der Waals surface area contributed by atoms with Crippen LogP contribution in [-0.4, -0.2) is 20.8 Å². The van der Waals surface area contributed by atoms with Crippen molar-refractivity contribution in [3.63, 3.8) is 0 Å². The van der Waals surface area contributed by atoms with Gasteiger partial charge in [0.1, 0.15) is 11.5 Å². The Balaban J connectivity index is 2.24. The van der Waals surface area contributed by atoms with Crippen molar-refractivity contribution in [3.8, 4) is 11.5 Å². The van der Waals surface area contributed by atoms with Crippen molar-refractivity contribution in [1.29, 1.82) is 0 Å². The van der Waals surface area contributed by atoms with Crippen molar-refractivity contribution in [3.05, 3.63) is 23.8 Å². The van der Waals surface area contributed by atoms with E-state index in [9.17, 15) is 0 Å². The van der Waals surface area contributed by atoms with Gasteiger partial charge in [-0.05, 0) is 37.3 Å². The van der Waals surface area contributed by atoms with Gasteiger partial charge < -0.3 is 14.8 Å². The topological polar surface area (TPSA) is 30.5 Å². The van der Waals surface area contributed by atoms with Crippen LogP contribution in [0.3, 0.4) is 0 Å². The molecule has 1 saturated carbocycles. The molecular formula is C16H25NO2. The van der Waals surface area contributed by atoms with E-state index in [0.717, 1.165) is 36.3 Å². The van der Waals surface area contributed by atoms with E-state index in [1.165, 1.54) is 12.0 Å². The monoisotopic (exact) mass is 263 g/mol. The van der Waals surface area contributed by atoms with Crippen LogP contribution in [0.1, 0.15) is 38.3 Å². The van der Waals surface area contributed by atoms with Crippen molar-refractivity contribution >= 4 is 0 Å². The summed E-state index contributed by atoms with van der Waals surface area (Å²) in [5.74, 6) is 3.31. The molecule has 0 saturated heterocycles. The fourth-order valence-electron chi connectivity index (χ4n) is 2.68. The Morgan fingerprint density at radius 3 is 2.58 bits per heavy atom. The molecule has 0 radical (unpaired) electrons. The Bertz CT molecular complexity index is 419. The number of rotatable bonds is 7. The lowest BCUT2D eigenvalue weighted by molar-refractivity contribution is 0.376. The molecule has 0 heterocycles. The van der Waals surface area contributed by atoms with E-state index >= 15 is 0 Å². The smallest absolute Gasteiger partial charge is 0.127 e. The third-order valence-electron chi connectivity index (χ3n) is 3.99. The molecule has 1 aromatic rings. The molecule has 106 valence electrons. The summed E-state index contributed by atoms with van der Waals surface area (Å²) < 4.78 is 10.8. The second-order valence-electron chi connectivity index (χ2n) is 5.42. The summed E-state index contributed by atoms with van der Waals surface area (Å²) in [5.41, 5.74) is 1.26. The van der Waals surface area contributed by atoms with E-state index in [0.29, 0.717) is 6.04 Å². The summed E-state index contributed by atoms with van der Waals surface area (Å²) in [5, 5.41) is 3.67. The van der Waals surface area contributed by atoms with Gasteiger partial charge in [-0.3, -0.25) is 0 Å². The van der Waals surface area contributed by atoms with Crippen LogP contribution in [0.4, 0.5) is 0 Å². The van der Waals surface area contributed by atoms with Crippen LogP contribution in [0.2, 0.25) is 0 Å². The molecule has 1 aliphatic carbocycles. The molecule has 1 fully saturated rings. The lowest BCUT2D eigenvalue weighted by Gasteiger charge is -2.22. The van der Waals surface area contributed by atoms with E-state index in [4.69, 9.17) is 9.47 Å². The van der Waals surface area contributed by atoms with Crippen LogP contribution in [0.15, 0.2) is 18.2 Å². The van der Waals surface area contributed by atoms with Crippen molar-refractivity contribution < 1.29 is 9.47 Å². The predicted octanol–water partition coefficient (Wildman–Crippen LogP) is 3.40. The molecule has 3 unspecified atom stereocenters. The highest BCUT2D eigenvalue weighted by Gasteiger charge is 2.40. The quantitative estimate of drug-likeness (QED) is 0.818. The van der Waals surface area contributed by atoms with Crippen LogP contribution in [0.5, 0.6) is 11.5 Å². The van der Waals surface area contributed by atoms with Crippen LogP contribution in [-0.2, 0) is 0 Å². The van der Waals surface area contributed by atoms with Gasteiger partial charge in [-0.25, -0.2) is 0 Å². The fourth-order valence-corrected chi connectivity index (χ4v) is 2.68. The Kier molecular flexibility index (Phi) is 4.70.